The van der Waals surface area contributed by atoms with Gasteiger partial charge in [0.05, 0.1) is 28.9 Å². The molecule has 4 rings (SSSR count). The number of carboxylic acid groups (broad SMARTS) is 1. The zero-order chi connectivity index (χ0) is 21.6. The zero-order valence-electron chi connectivity index (χ0n) is 17.4. The summed E-state index contributed by atoms with van der Waals surface area (Å²) in [6, 6.07) is 7.25. The Kier molecular flexibility index (Phi) is 6.87. The van der Waals surface area contributed by atoms with E-state index in [1.807, 2.05) is 25.1 Å². The van der Waals surface area contributed by atoms with Crippen LogP contribution in [0.25, 0.3) is 21.3 Å². The van der Waals surface area contributed by atoms with E-state index in [1.165, 1.54) is 11.6 Å². The monoisotopic (exact) mass is 450 g/mol. The van der Waals surface area contributed by atoms with Crippen molar-refractivity contribution in [3.05, 3.63) is 61.4 Å². The zero-order valence-corrected chi connectivity index (χ0v) is 20.2. The Hall–Kier alpha value is -2.24. The number of nitrogens with zero attached hydrogens (tertiary/aromatic N) is 4. The molecule has 9 nitrogen and oxygen atoms in total. The second kappa shape index (κ2) is 9.09. The summed E-state index contributed by atoms with van der Waals surface area (Å²) in [5, 5.41) is 21.8. The normalized spacial score (nSPS) is 11.2. The smallest absolute Gasteiger partial charge is 0.545 e. The fourth-order valence-corrected chi connectivity index (χ4v) is 4.98. The molecular weight excluding hydrogens is 431 g/mol. The Labute approximate surface area is 202 Å². The number of imidazole rings is 1. The van der Waals surface area contributed by atoms with Gasteiger partial charge in [0.2, 0.25) is 0 Å². The van der Waals surface area contributed by atoms with E-state index in [0.29, 0.717) is 34.0 Å². The summed E-state index contributed by atoms with van der Waals surface area (Å²) in [7, 11) is 1.33. The number of para-hydroxylation sites is 2. The predicted octanol–water partition coefficient (Wildman–Crippen LogP) is -2.57. The van der Waals surface area contributed by atoms with Crippen molar-refractivity contribution in [2.45, 2.75) is 33.0 Å². The van der Waals surface area contributed by atoms with Gasteiger partial charge in [-0.25, -0.2) is 9.78 Å². The Morgan fingerprint density at radius 1 is 1.23 bits per heavy atom. The number of fused-ring (bicyclic) bond motifs is 2. The second-order valence-electron chi connectivity index (χ2n) is 6.93. The van der Waals surface area contributed by atoms with E-state index in [4.69, 9.17) is 0 Å². The molecule has 0 spiro atoms. The summed E-state index contributed by atoms with van der Waals surface area (Å²) in [4.78, 5) is 42.5. The fraction of sp³-hybridized carbons (Fsp3) is 0.300. The van der Waals surface area contributed by atoms with Crippen molar-refractivity contribution in [3.63, 3.8) is 0 Å². The van der Waals surface area contributed by atoms with Crippen molar-refractivity contribution in [3.8, 4) is 0 Å². The van der Waals surface area contributed by atoms with Crippen molar-refractivity contribution in [1.29, 1.82) is 0 Å². The van der Waals surface area contributed by atoms with E-state index in [2.05, 4.69) is 4.98 Å². The van der Waals surface area contributed by atoms with Crippen molar-refractivity contribution in [1.82, 2.24) is 18.7 Å². The number of carbonyl (C=O) groups is 1. The number of aliphatic hydroxyl groups is 1. The minimum Gasteiger partial charge on any atom is -0.545 e. The van der Waals surface area contributed by atoms with E-state index in [1.54, 1.807) is 10.6 Å². The second-order valence-corrected chi connectivity index (χ2v) is 8.01. The minimum absolute atomic E-state index is 0. The summed E-state index contributed by atoms with van der Waals surface area (Å²) in [6.07, 6.45) is 0.641. The average molecular weight is 450 g/mol. The van der Waals surface area contributed by atoms with Gasteiger partial charge in [0.15, 0.2) is 0 Å². The number of rotatable bonds is 6. The number of carboxylic acids is 1. The summed E-state index contributed by atoms with van der Waals surface area (Å²) in [5.74, 6) is -1.11. The van der Waals surface area contributed by atoms with E-state index >= 15 is 0 Å². The van der Waals surface area contributed by atoms with Gasteiger partial charge in [0, 0.05) is 24.0 Å². The van der Waals surface area contributed by atoms with Crippen LogP contribution in [-0.4, -0.2) is 29.8 Å². The largest absolute Gasteiger partial charge is 1.00 e. The Morgan fingerprint density at radius 3 is 2.58 bits per heavy atom. The van der Waals surface area contributed by atoms with Gasteiger partial charge in [-0.3, -0.25) is 13.9 Å². The molecule has 0 saturated carbocycles. The third kappa shape index (κ3) is 3.79. The number of aliphatic hydroxyl groups excluding tert-OH is 1. The fourth-order valence-electron chi connectivity index (χ4n) is 3.69. The maximum absolute atomic E-state index is 12.8. The molecule has 0 unspecified atom stereocenters. The van der Waals surface area contributed by atoms with Gasteiger partial charge in [0.1, 0.15) is 17.3 Å². The summed E-state index contributed by atoms with van der Waals surface area (Å²) < 4.78 is 4.06. The maximum atomic E-state index is 12.8. The number of hydrogen-bond acceptors (Lipinski definition) is 7. The van der Waals surface area contributed by atoms with Crippen LogP contribution in [0.4, 0.5) is 0 Å². The first-order valence-corrected chi connectivity index (χ1v) is 10.2. The first kappa shape index (κ1) is 23.4. The quantitative estimate of drug-likeness (QED) is 0.322. The van der Waals surface area contributed by atoms with Gasteiger partial charge in [-0.15, -0.1) is 11.3 Å². The van der Waals surface area contributed by atoms with Gasteiger partial charge in [-0.05, 0) is 18.6 Å². The first-order chi connectivity index (χ1) is 14.4. The summed E-state index contributed by atoms with van der Waals surface area (Å²) in [6.45, 7) is 1.99. The maximum Gasteiger partial charge on any atom is 1.00 e. The number of carbonyl (C=O) groups excluding carboxylic acids is 1. The molecule has 0 bridgehead atoms. The molecular formula is C20H19N4NaO5S. The molecule has 1 N–H and O–H groups in total. The first-order valence-electron chi connectivity index (χ1n) is 9.40. The number of aromatic carboxylic acids is 1. The number of thiophene rings is 1. The van der Waals surface area contributed by atoms with Crippen LogP contribution in [0.15, 0.2) is 33.9 Å². The number of aromatic nitrogens is 4. The minimum atomic E-state index is -1.48. The predicted molar refractivity (Wildman–Crippen MR) is 111 cm³/mol. The summed E-state index contributed by atoms with van der Waals surface area (Å²) >= 11 is 1.08. The molecule has 0 radical (unpaired) electrons. The third-order valence-electron chi connectivity index (χ3n) is 5.07. The van der Waals surface area contributed by atoms with Gasteiger partial charge in [-0.1, -0.05) is 19.1 Å². The Balaban J connectivity index is 0.00000272. The number of hydrogen-bond donors (Lipinski definition) is 1. The van der Waals surface area contributed by atoms with Gasteiger partial charge in [0.25, 0.3) is 5.56 Å². The van der Waals surface area contributed by atoms with Crippen LogP contribution in [0.1, 0.15) is 34.4 Å². The van der Waals surface area contributed by atoms with E-state index in [-0.39, 0.29) is 53.7 Å². The van der Waals surface area contributed by atoms with E-state index in [0.717, 1.165) is 21.4 Å². The molecule has 0 fully saturated rings. The Morgan fingerprint density at radius 2 is 1.94 bits per heavy atom. The van der Waals surface area contributed by atoms with Crippen LogP contribution in [0.5, 0.6) is 0 Å². The van der Waals surface area contributed by atoms with Gasteiger partial charge in [-0.2, -0.15) is 0 Å². The molecule has 0 saturated heterocycles. The van der Waals surface area contributed by atoms with Crippen LogP contribution >= 0.6 is 11.3 Å². The molecule has 0 aliphatic rings. The van der Waals surface area contributed by atoms with Crippen LogP contribution in [0.3, 0.4) is 0 Å². The van der Waals surface area contributed by atoms with Crippen LogP contribution < -0.4 is 45.9 Å². The molecule has 4 aromatic rings. The molecule has 0 aliphatic carbocycles. The third-order valence-corrected chi connectivity index (χ3v) is 6.27. The van der Waals surface area contributed by atoms with E-state index < -0.39 is 17.2 Å². The van der Waals surface area contributed by atoms with Crippen LogP contribution in [0.2, 0.25) is 0 Å². The van der Waals surface area contributed by atoms with Crippen molar-refractivity contribution in [2.75, 3.05) is 0 Å². The molecule has 0 atom stereocenters. The Bertz CT molecular complexity index is 1420. The molecule has 0 amide bonds. The number of aryl methyl sites for hydroxylation is 1. The molecule has 11 heteroatoms. The summed E-state index contributed by atoms with van der Waals surface area (Å²) in [5.41, 5.74) is 0.0128. The van der Waals surface area contributed by atoms with Crippen LogP contribution in [-0.2, 0) is 26.7 Å². The van der Waals surface area contributed by atoms with Crippen molar-refractivity contribution >= 4 is 38.6 Å². The van der Waals surface area contributed by atoms with Gasteiger partial charge < -0.3 is 19.6 Å². The molecule has 3 aromatic heterocycles. The molecule has 3 heterocycles. The average Bonchev–Trinajstić information content (AvgIpc) is 3.28. The molecule has 0 aliphatic heterocycles. The van der Waals surface area contributed by atoms with E-state index in [9.17, 15) is 24.6 Å². The van der Waals surface area contributed by atoms with Gasteiger partial charge >= 0.3 is 35.2 Å². The van der Waals surface area contributed by atoms with Crippen molar-refractivity contribution < 1.29 is 44.6 Å². The molecule has 156 valence electrons. The standard InChI is InChI=1S/C20H20N4O5S.Na/c1-3-8-23-18-16(17(26)22(2)20(23)29)15(19(27)28)13(30-18)9-24-12-7-5-4-6-11(12)21-14(24)10-25;/h4-7,25H,3,8-10H2,1-2H3,(H,27,28);/q;+1/p-1. The number of benzene rings is 1. The molecule has 1 aromatic carbocycles. The van der Waals surface area contributed by atoms with Crippen molar-refractivity contribution in [2.24, 2.45) is 7.05 Å². The molecule has 31 heavy (non-hydrogen) atoms. The SMILES string of the molecule is CCCn1c(=O)n(C)c(=O)c2c(C(=O)[O-])c(Cn3c(CO)nc4ccccc43)sc21.[Na+]. The topological polar surface area (TPSA) is 122 Å². The van der Waals surface area contributed by atoms with Crippen LogP contribution in [0, 0.1) is 0 Å².